The Balaban J connectivity index is 2.97. The van der Waals surface area contributed by atoms with Gasteiger partial charge in [-0.1, -0.05) is 25.5 Å². The van der Waals surface area contributed by atoms with E-state index in [0.717, 1.165) is 6.42 Å². The predicted octanol–water partition coefficient (Wildman–Crippen LogP) is 0.647. The molecule has 19 heavy (non-hydrogen) atoms. The van der Waals surface area contributed by atoms with E-state index < -0.39 is 10.0 Å². The van der Waals surface area contributed by atoms with E-state index in [1.807, 2.05) is 6.92 Å². The van der Waals surface area contributed by atoms with Crippen molar-refractivity contribution in [2.24, 2.45) is 16.8 Å². The second kappa shape index (κ2) is 6.65. The van der Waals surface area contributed by atoms with Gasteiger partial charge in [0, 0.05) is 6.54 Å². The molecular formula is C12H19N3O3S. The Bertz CT molecular complexity index is 543. The zero-order valence-corrected chi connectivity index (χ0v) is 11.6. The van der Waals surface area contributed by atoms with Gasteiger partial charge in [-0.15, -0.1) is 0 Å². The Morgan fingerprint density at radius 1 is 1.37 bits per heavy atom. The van der Waals surface area contributed by atoms with Gasteiger partial charge in [0.05, 0.1) is 11.6 Å². The molecule has 0 fully saturated rings. The Kier molecular flexibility index (Phi) is 5.46. The lowest BCUT2D eigenvalue weighted by atomic mass is 10.0. The van der Waals surface area contributed by atoms with Gasteiger partial charge in [0.1, 0.15) is 4.90 Å². The molecule has 1 amide bonds. The van der Waals surface area contributed by atoms with Crippen molar-refractivity contribution in [2.45, 2.75) is 24.7 Å². The average Bonchev–Trinajstić information content (AvgIpc) is 2.35. The number of sulfonamides is 1. The topological polar surface area (TPSA) is 115 Å². The number of carbonyl (C=O) groups is 1. The molecule has 0 saturated carbocycles. The molecule has 0 spiro atoms. The first kappa shape index (κ1) is 15.6. The van der Waals surface area contributed by atoms with Gasteiger partial charge in [0.2, 0.25) is 15.9 Å². The van der Waals surface area contributed by atoms with Crippen LogP contribution in [0.4, 0.5) is 5.69 Å². The van der Waals surface area contributed by atoms with E-state index in [2.05, 4.69) is 5.32 Å². The molecule has 0 bridgehead atoms. The van der Waals surface area contributed by atoms with Crippen molar-refractivity contribution in [3.63, 3.8) is 0 Å². The molecule has 1 atom stereocenters. The lowest BCUT2D eigenvalue weighted by molar-refractivity contribution is -0.119. The fraction of sp³-hybridized carbons (Fsp3) is 0.417. The standard InChI is InChI=1S/C12H19N3O3S/c1-2-5-9(8-13)12(16)15-10-6-3-4-7-11(10)19(14,17)18/h3-4,6-7,9H,2,5,8,13H2,1H3,(H,15,16)(H2,14,17,18). The van der Waals surface area contributed by atoms with Gasteiger partial charge >= 0.3 is 0 Å². The molecule has 0 heterocycles. The molecular weight excluding hydrogens is 266 g/mol. The highest BCUT2D eigenvalue weighted by molar-refractivity contribution is 7.89. The lowest BCUT2D eigenvalue weighted by Crippen LogP contribution is -2.30. The number of rotatable bonds is 6. The van der Waals surface area contributed by atoms with Crippen molar-refractivity contribution < 1.29 is 13.2 Å². The van der Waals surface area contributed by atoms with Crippen LogP contribution in [-0.2, 0) is 14.8 Å². The zero-order chi connectivity index (χ0) is 14.5. The zero-order valence-electron chi connectivity index (χ0n) is 10.8. The Labute approximate surface area is 113 Å². The van der Waals surface area contributed by atoms with Crippen LogP contribution in [-0.4, -0.2) is 20.9 Å². The van der Waals surface area contributed by atoms with Crippen LogP contribution in [0.1, 0.15) is 19.8 Å². The largest absolute Gasteiger partial charge is 0.330 e. The quantitative estimate of drug-likeness (QED) is 0.711. The van der Waals surface area contributed by atoms with Gasteiger partial charge in [-0.3, -0.25) is 4.79 Å². The summed E-state index contributed by atoms with van der Waals surface area (Å²) in [6.45, 7) is 2.17. The average molecular weight is 285 g/mol. The van der Waals surface area contributed by atoms with Gasteiger partial charge < -0.3 is 11.1 Å². The maximum atomic E-state index is 12.0. The van der Waals surface area contributed by atoms with E-state index in [4.69, 9.17) is 10.9 Å². The minimum atomic E-state index is -3.87. The first-order valence-corrected chi connectivity index (χ1v) is 7.57. The molecule has 1 aromatic rings. The van der Waals surface area contributed by atoms with Gasteiger partial charge in [0.15, 0.2) is 0 Å². The highest BCUT2D eigenvalue weighted by Crippen LogP contribution is 2.20. The van der Waals surface area contributed by atoms with E-state index in [-0.39, 0.29) is 29.0 Å². The molecule has 0 aliphatic heterocycles. The number of nitrogens with one attached hydrogen (secondary N) is 1. The maximum absolute atomic E-state index is 12.0. The molecule has 0 aliphatic rings. The Morgan fingerprint density at radius 3 is 2.53 bits per heavy atom. The fourth-order valence-corrected chi connectivity index (χ4v) is 2.45. The summed E-state index contributed by atoms with van der Waals surface area (Å²) in [5, 5.41) is 7.67. The third kappa shape index (κ3) is 4.30. The van der Waals surface area contributed by atoms with Crippen molar-refractivity contribution in [1.82, 2.24) is 0 Å². The summed E-state index contributed by atoms with van der Waals surface area (Å²) in [6, 6.07) is 6.02. The van der Waals surface area contributed by atoms with Crippen molar-refractivity contribution in [3.8, 4) is 0 Å². The first-order valence-electron chi connectivity index (χ1n) is 6.03. The van der Waals surface area contributed by atoms with Crippen LogP contribution in [0.25, 0.3) is 0 Å². The number of anilines is 1. The van der Waals surface area contributed by atoms with Crippen LogP contribution in [0.15, 0.2) is 29.2 Å². The smallest absolute Gasteiger partial charge is 0.240 e. The van der Waals surface area contributed by atoms with Crippen LogP contribution >= 0.6 is 0 Å². The number of hydrogen-bond donors (Lipinski definition) is 3. The third-order valence-electron chi connectivity index (χ3n) is 2.74. The minimum absolute atomic E-state index is 0.101. The molecule has 0 saturated heterocycles. The molecule has 0 aromatic heterocycles. The van der Waals surface area contributed by atoms with Crippen LogP contribution in [0.5, 0.6) is 0 Å². The number of amides is 1. The van der Waals surface area contributed by atoms with Gasteiger partial charge in [-0.25, -0.2) is 13.6 Å². The van der Waals surface area contributed by atoms with Crippen LogP contribution in [0, 0.1) is 5.92 Å². The molecule has 106 valence electrons. The summed E-state index contributed by atoms with van der Waals surface area (Å²) < 4.78 is 22.8. The van der Waals surface area contributed by atoms with Crippen molar-refractivity contribution in [1.29, 1.82) is 0 Å². The summed E-state index contributed by atoms with van der Waals surface area (Å²) in [5.74, 6) is -0.626. The maximum Gasteiger partial charge on any atom is 0.240 e. The summed E-state index contributed by atoms with van der Waals surface area (Å²) in [7, 11) is -3.87. The fourth-order valence-electron chi connectivity index (χ4n) is 1.76. The normalized spacial score (nSPS) is 13.0. The summed E-state index contributed by atoms with van der Waals surface area (Å²) in [4.78, 5) is 11.9. The van der Waals surface area contributed by atoms with Crippen molar-refractivity contribution in [3.05, 3.63) is 24.3 Å². The SMILES string of the molecule is CCCC(CN)C(=O)Nc1ccccc1S(N)(=O)=O. The predicted molar refractivity (Wildman–Crippen MR) is 73.9 cm³/mol. The molecule has 1 aromatic carbocycles. The number of para-hydroxylation sites is 1. The molecule has 0 aliphatic carbocycles. The van der Waals surface area contributed by atoms with Crippen molar-refractivity contribution >= 4 is 21.6 Å². The second-order valence-corrected chi connectivity index (χ2v) is 5.78. The highest BCUT2D eigenvalue weighted by Gasteiger charge is 2.19. The second-order valence-electron chi connectivity index (χ2n) is 4.25. The molecule has 1 unspecified atom stereocenters. The summed E-state index contributed by atoms with van der Waals surface area (Å²) >= 11 is 0. The Morgan fingerprint density at radius 2 is 2.00 bits per heavy atom. The third-order valence-corrected chi connectivity index (χ3v) is 3.71. The van der Waals surface area contributed by atoms with E-state index >= 15 is 0 Å². The summed E-state index contributed by atoms with van der Waals surface area (Å²) in [5.41, 5.74) is 5.72. The monoisotopic (exact) mass is 285 g/mol. The van der Waals surface area contributed by atoms with E-state index in [0.29, 0.717) is 6.42 Å². The van der Waals surface area contributed by atoms with Gasteiger partial charge in [-0.2, -0.15) is 0 Å². The summed E-state index contributed by atoms with van der Waals surface area (Å²) in [6.07, 6.45) is 1.48. The Hall–Kier alpha value is -1.44. The van der Waals surface area contributed by atoms with Gasteiger partial charge in [-0.05, 0) is 18.6 Å². The van der Waals surface area contributed by atoms with E-state index in [9.17, 15) is 13.2 Å². The number of benzene rings is 1. The number of nitrogens with two attached hydrogens (primary N) is 2. The van der Waals surface area contributed by atoms with Crippen LogP contribution in [0.2, 0.25) is 0 Å². The molecule has 7 heteroatoms. The van der Waals surface area contributed by atoms with Crippen molar-refractivity contribution in [2.75, 3.05) is 11.9 Å². The number of carbonyl (C=O) groups excluding carboxylic acids is 1. The lowest BCUT2D eigenvalue weighted by Gasteiger charge is -2.15. The first-order chi connectivity index (χ1) is 8.90. The number of primary sulfonamides is 1. The van der Waals surface area contributed by atoms with E-state index in [1.54, 1.807) is 12.1 Å². The van der Waals surface area contributed by atoms with Crippen LogP contribution in [0.3, 0.4) is 0 Å². The molecule has 6 nitrogen and oxygen atoms in total. The van der Waals surface area contributed by atoms with E-state index in [1.165, 1.54) is 12.1 Å². The highest BCUT2D eigenvalue weighted by atomic mass is 32.2. The minimum Gasteiger partial charge on any atom is -0.330 e. The van der Waals surface area contributed by atoms with Crippen LogP contribution < -0.4 is 16.2 Å². The molecule has 5 N–H and O–H groups in total. The number of hydrogen-bond acceptors (Lipinski definition) is 4. The molecule has 0 radical (unpaired) electrons. The molecule has 1 rings (SSSR count). The van der Waals surface area contributed by atoms with Gasteiger partial charge in [0.25, 0.3) is 0 Å².